The van der Waals surface area contributed by atoms with Crippen LogP contribution in [0.5, 0.6) is 0 Å². The Morgan fingerprint density at radius 3 is 2.59 bits per heavy atom. The number of Topliss-reactive ketones (excluding diaryl/α,β-unsaturated/α-hetero) is 1. The molecule has 22 heavy (non-hydrogen) atoms. The smallest absolute Gasteiger partial charge is 0.310 e. The highest BCUT2D eigenvalue weighted by molar-refractivity contribution is 6.00. The molecular formula is C19H26O3. The molecule has 1 saturated carbocycles. The number of hydrogen-bond donors (Lipinski definition) is 0. The van der Waals surface area contributed by atoms with E-state index >= 15 is 0 Å². The SMILES string of the molecule is C=CCC1=C(C)[C@H](OC(=O)[C@H]2[C@@H](C=C(C)C)C2(C)C)CC1=O. The molecule has 0 amide bonds. The van der Waals surface area contributed by atoms with Crippen molar-refractivity contribution < 1.29 is 14.3 Å². The van der Waals surface area contributed by atoms with Gasteiger partial charge in [-0.25, -0.2) is 0 Å². The van der Waals surface area contributed by atoms with Crippen LogP contribution < -0.4 is 0 Å². The lowest BCUT2D eigenvalue weighted by Gasteiger charge is -2.13. The number of carbonyl (C=O) groups excluding carboxylic acids is 2. The Morgan fingerprint density at radius 2 is 2.05 bits per heavy atom. The van der Waals surface area contributed by atoms with Crippen LogP contribution in [0.15, 0.2) is 35.5 Å². The van der Waals surface area contributed by atoms with Crippen molar-refractivity contribution in [3.8, 4) is 0 Å². The zero-order chi connectivity index (χ0) is 16.7. The fourth-order valence-corrected chi connectivity index (χ4v) is 3.42. The molecule has 3 nitrogen and oxygen atoms in total. The van der Waals surface area contributed by atoms with E-state index in [9.17, 15) is 9.59 Å². The Labute approximate surface area is 133 Å². The molecule has 3 heteroatoms. The molecule has 2 rings (SSSR count). The first kappa shape index (κ1) is 16.7. The van der Waals surface area contributed by atoms with Gasteiger partial charge in [0.15, 0.2) is 5.78 Å². The third-order valence-electron chi connectivity index (χ3n) is 4.95. The molecular weight excluding hydrogens is 276 g/mol. The predicted molar refractivity (Wildman–Crippen MR) is 87.2 cm³/mol. The Hall–Kier alpha value is -1.64. The average molecular weight is 302 g/mol. The monoisotopic (exact) mass is 302 g/mol. The topological polar surface area (TPSA) is 43.4 Å². The van der Waals surface area contributed by atoms with E-state index in [1.54, 1.807) is 6.08 Å². The second kappa shape index (κ2) is 5.86. The van der Waals surface area contributed by atoms with Gasteiger partial charge < -0.3 is 4.74 Å². The molecule has 2 aliphatic carbocycles. The van der Waals surface area contributed by atoms with E-state index in [2.05, 4.69) is 26.5 Å². The van der Waals surface area contributed by atoms with Gasteiger partial charge in [-0.2, -0.15) is 0 Å². The molecule has 120 valence electrons. The Balaban J connectivity index is 2.07. The third kappa shape index (κ3) is 2.94. The normalized spacial score (nSPS) is 29.3. The molecule has 0 heterocycles. The van der Waals surface area contributed by atoms with Crippen LogP contribution in [-0.4, -0.2) is 17.9 Å². The van der Waals surface area contributed by atoms with Crippen LogP contribution in [-0.2, 0) is 14.3 Å². The molecule has 0 aliphatic heterocycles. The van der Waals surface area contributed by atoms with E-state index in [1.807, 2.05) is 20.8 Å². The highest BCUT2D eigenvalue weighted by Crippen LogP contribution is 2.60. The van der Waals surface area contributed by atoms with Crippen molar-refractivity contribution in [1.29, 1.82) is 0 Å². The molecule has 0 N–H and O–H groups in total. The molecule has 0 aromatic heterocycles. The molecule has 2 aliphatic rings. The minimum atomic E-state index is -0.390. The summed E-state index contributed by atoms with van der Waals surface area (Å²) in [5, 5.41) is 0. The van der Waals surface area contributed by atoms with Gasteiger partial charge in [0.1, 0.15) is 6.10 Å². The van der Waals surface area contributed by atoms with E-state index in [1.165, 1.54) is 5.57 Å². The highest BCUT2D eigenvalue weighted by atomic mass is 16.5. The summed E-state index contributed by atoms with van der Waals surface area (Å²) in [6.07, 6.45) is 4.31. The summed E-state index contributed by atoms with van der Waals surface area (Å²) >= 11 is 0. The van der Waals surface area contributed by atoms with Crippen LogP contribution in [0.25, 0.3) is 0 Å². The first-order valence-corrected chi connectivity index (χ1v) is 7.89. The van der Waals surface area contributed by atoms with E-state index in [0.717, 1.165) is 11.1 Å². The number of carbonyl (C=O) groups is 2. The second-order valence-corrected chi connectivity index (χ2v) is 7.28. The van der Waals surface area contributed by atoms with Crippen LogP contribution >= 0.6 is 0 Å². The number of allylic oxidation sites excluding steroid dienone is 4. The van der Waals surface area contributed by atoms with Crippen LogP contribution in [0.1, 0.15) is 47.5 Å². The van der Waals surface area contributed by atoms with Crippen LogP contribution in [0.3, 0.4) is 0 Å². The Kier molecular flexibility index (Phi) is 4.46. The molecule has 1 fully saturated rings. The van der Waals surface area contributed by atoms with Crippen molar-refractivity contribution in [3.63, 3.8) is 0 Å². The standard InChI is InChI=1S/C19H26O3/c1-7-8-13-12(4)16(10-15(13)20)22-18(21)17-14(9-11(2)3)19(17,5)6/h7,9,14,16-17H,1,8,10H2,2-6H3/t14-,16-,17-/m1/s1. The van der Waals surface area contributed by atoms with Crippen molar-refractivity contribution in [2.45, 2.75) is 53.6 Å². The highest BCUT2D eigenvalue weighted by Gasteiger charge is 2.61. The fraction of sp³-hybridized carbons (Fsp3) is 0.579. The minimum Gasteiger partial charge on any atom is -0.457 e. The second-order valence-electron chi connectivity index (χ2n) is 7.28. The van der Waals surface area contributed by atoms with Gasteiger partial charge in [-0.15, -0.1) is 6.58 Å². The number of esters is 1. The van der Waals surface area contributed by atoms with E-state index < -0.39 is 6.10 Å². The summed E-state index contributed by atoms with van der Waals surface area (Å²) in [6.45, 7) is 13.8. The van der Waals surface area contributed by atoms with Gasteiger partial charge in [0.05, 0.1) is 12.3 Å². The van der Waals surface area contributed by atoms with Gasteiger partial charge in [-0.05, 0) is 44.1 Å². The molecule has 0 unspecified atom stereocenters. The summed E-state index contributed by atoms with van der Waals surface area (Å²) in [6, 6.07) is 0. The fourth-order valence-electron chi connectivity index (χ4n) is 3.42. The molecule has 0 radical (unpaired) electrons. The molecule has 0 aromatic carbocycles. The molecule has 0 bridgehead atoms. The number of rotatable bonds is 5. The van der Waals surface area contributed by atoms with E-state index in [0.29, 0.717) is 6.42 Å². The largest absolute Gasteiger partial charge is 0.457 e. The van der Waals surface area contributed by atoms with Crippen molar-refractivity contribution in [2.75, 3.05) is 0 Å². The van der Waals surface area contributed by atoms with Gasteiger partial charge in [0, 0.05) is 5.57 Å². The van der Waals surface area contributed by atoms with Crippen molar-refractivity contribution >= 4 is 11.8 Å². The zero-order valence-corrected chi connectivity index (χ0v) is 14.2. The summed E-state index contributed by atoms with van der Waals surface area (Å²) in [4.78, 5) is 24.5. The predicted octanol–water partition coefficient (Wildman–Crippen LogP) is 4.00. The summed E-state index contributed by atoms with van der Waals surface area (Å²) in [5.74, 6) is 0.0309. The van der Waals surface area contributed by atoms with Crippen LogP contribution in [0.4, 0.5) is 0 Å². The maximum absolute atomic E-state index is 12.5. The summed E-state index contributed by atoms with van der Waals surface area (Å²) < 4.78 is 5.66. The van der Waals surface area contributed by atoms with Crippen molar-refractivity contribution in [3.05, 3.63) is 35.5 Å². The third-order valence-corrected chi connectivity index (χ3v) is 4.95. The van der Waals surface area contributed by atoms with Gasteiger partial charge in [0.25, 0.3) is 0 Å². The van der Waals surface area contributed by atoms with Gasteiger partial charge in [-0.1, -0.05) is 31.6 Å². The van der Waals surface area contributed by atoms with Crippen LogP contribution in [0.2, 0.25) is 0 Å². The number of hydrogen-bond acceptors (Lipinski definition) is 3. The first-order valence-electron chi connectivity index (χ1n) is 7.89. The molecule has 3 atom stereocenters. The average Bonchev–Trinajstić information content (AvgIpc) is 2.83. The molecule has 0 spiro atoms. The minimum absolute atomic E-state index is 0.0570. The van der Waals surface area contributed by atoms with Gasteiger partial charge >= 0.3 is 5.97 Å². The van der Waals surface area contributed by atoms with Gasteiger partial charge in [-0.3, -0.25) is 9.59 Å². The van der Waals surface area contributed by atoms with E-state index in [-0.39, 0.29) is 35.4 Å². The molecule has 0 aromatic rings. The maximum atomic E-state index is 12.5. The Morgan fingerprint density at radius 1 is 1.41 bits per heavy atom. The van der Waals surface area contributed by atoms with Crippen molar-refractivity contribution in [2.24, 2.45) is 17.3 Å². The molecule has 0 saturated heterocycles. The number of ether oxygens (including phenoxy) is 1. The quantitative estimate of drug-likeness (QED) is 0.569. The lowest BCUT2D eigenvalue weighted by atomic mass is 10.1. The van der Waals surface area contributed by atoms with Crippen molar-refractivity contribution in [1.82, 2.24) is 0 Å². The van der Waals surface area contributed by atoms with Gasteiger partial charge in [0.2, 0.25) is 0 Å². The number of ketones is 1. The Bertz CT molecular complexity index is 573. The summed E-state index contributed by atoms with van der Waals surface area (Å²) in [7, 11) is 0. The van der Waals surface area contributed by atoms with E-state index in [4.69, 9.17) is 4.74 Å². The van der Waals surface area contributed by atoms with Crippen LogP contribution in [0, 0.1) is 17.3 Å². The summed E-state index contributed by atoms with van der Waals surface area (Å²) in [5.41, 5.74) is 2.80. The zero-order valence-electron chi connectivity index (χ0n) is 14.2. The lowest BCUT2D eigenvalue weighted by molar-refractivity contribution is -0.150. The first-order chi connectivity index (χ1) is 10.2. The lowest BCUT2D eigenvalue weighted by Crippen LogP contribution is -2.20. The maximum Gasteiger partial charge on any atom is 0.310 e.